The van der Waals surface area contributed by atoms with Crippen molar-refractivity contribution in [3.8, 4) is 11.1 Å². The Kier molecular flexibility index (Phi) is 5.50. The Morgan fingerprint density at radius 3 is 2.74 bits per heavy atom. The molecular formula is C17H20ClN5O3S. The number of benzene rings is 1. The molecule has 27 heavy (non-hydrogen) atoms. The second-order valence-electron chi connectivity index (χ2n) is 6.53. The van der Waals surface area contributed by atoms with Crippen molar-refractivity contribution in [2.75, 3.05) is 11.9 Å². The van der Waals surface area contributed by atoms with Crippen LogP contribution in [0.2, 0.25) is 0 Å². The lowest BCUT2D eigenvalue weighted by atomic mass is 9.91. The molecule has 0 radical (unpaired) electrons. The maximum Gasteiger partial charge on any atom is 0.287 e. The topological polar surface area (TPSA) is 117 Å². The van der Waals surface area contributed by atoms with E-state index in [-0.39, 0.29) is 18.3 Å². The predicted molar refractivity (Wildman–Crippen MR) is 104 cm³/mol. The molecule has 0 atom stereocenters. The predicted octanol–water partition coefficient (Wildman–Crippen LogP) is 1.12. The number of anilines is 1. The molecule has 0 saturated carbocycles. The van der Waals surface area contributed by atoms with Gasteiger partial charge in [0.25, 0.3) is 10.2 Å². The summed E-state index contributed by atoms with van der Waals surface area (Å²) in [5.41, 5.74) is 5.33. The lowest BCUT2D eigenvalue weighted by Gasteiger charge is -2.28. The number of hydrogen-bond acceptors (Lipinski definition) is 5. The van der Waals surface area contributed by atoms with E-state index in [1.165, 1.54) is 5.56 Å². The number of aromatic nitrogens is 1. The maximum atomic E-state index is 11.6. The molecule has 0 bridgehead atoms. The molecule has 1 amide bonds. The fourth-order valence-corrected chi connectivity index (χ4v) is 4.05. The highest BCUT2D eigenvalue weighted by atomic mass is 35.5. The van der Waals surface area contributed by atoms with Crippen molar-refractivity contribution in [2.24, 2.45) is 5.14 Å². The number of fused-ring (bicyclic) bond motifs is 2. The SMILES string of the molecule is Cl.NS(=O)(=O)NN1CCc2ccc(-c3ccnc4c3CCC(=O)N4)cc2C1. The molecule has 0 saturated heterocycles. The van der Waals surface area contributed by atoms with Crippen molar-refractivity contribution in [2.45, 2.75) is 25.8 Å². The number of carbonyl (C=O) groups is 1. The average Bonchev–Trinajstić information content (AvgIpc) is 2.59. The molecule has 1 aromatic heterocycles. The van der Waals surface area contributed by atoms with E-state index in [0.717, 1.165) is 28.7 Å². The van der Waals surface area contributed by atoms with Gasteiger partial charge in [0, 0.05) is 31.3 Å². The minimum absolute atomic E-state index is 0. The van der Waals surface area contributed by atoms with Gasteiger partial charge in [0.1, 0.15) is 5.82 Å². The summed E-state index contributed by atoms with van der Waals surface area (Å²) < 4.78 is 22.5. The smallest absolute Gasteiger partial charge is 0.287 e. The third-order valence-corrected chi connectivity index (χ3v) is 5.21. The van der Waals surface area contributed by atoms with Crippen LogP contribution < -0.4 is 15.3 Å². The van der Waals surface area contributed by atoms with Crippen molar-refractivity contribution < 1.29 is 13.2 Å². The maximum absolute atomic E-state index is 11.6. The first-order chi connectivity index (χ1) is 12.4. The largest absolute Gasteiger partial charge is 0.310 e. The molecular weight excluding hydrogens is 390 g/mol. The number of hydrogen-bond donors (Lipinski definition) is 3. The minimum Gasteiger partial charge on any atom is -0.310 e. The quantitative estimate of drug-likeness (QED) is 0.702. The first-order valence-corrected chi connectivity index (χ1v) is 9.89. The van der Waals surface area contributed by atoms with Crippen molar-refractivity contribution in [1.82, 2.24) is 14.8 Å². The lowest BCUT2D eigenvalue weighted by molar-refractivity contribution is -0.116. The summed E-state index contributed by atoms with van der Waals surface area (Å²) in [5, 5.41) is 9.49. The fraction of sp³-hybridized carbons (Fsp3) is 0.294. The van der Waals surface area contributed by atoms with Crippen molar-refractivity contribution in [3.63, 3.8) is 0 Å². The highest BCUT2D eigenvalue weighted by molar-refractivity contribution is 7.87. The Hall–Kier alpha value is -2.04. The zero-order chi connectivity index (χ0) is 18.3. The monoisotopic (exact) mass is 409 g/mol. The van der Waals surface area contributed by atoms with Gasteiger partial charge in [0.05, 0.1) is 0 Å². The number of pyridine rings is 1. The van der Waals surface area contributed by atoms with Crippen LogP contribution in [0.5, 0.6) is 0 Å². The molecule has 2 aromatic rings. The van der Waals surface area contributed by atoms with Crippen LogP contribution in [0, 0.1) is 0 Å². The number of nitrogens with one attached hydrogen (secondary N) is 2. The summed E-state index contributed by atoms with van der Waals surface area (Å²) in [5.74, 6) is 0.603. The molecule has 10 heteroatoms. The number of hydrazine groups is 1. The number of nitrogens with zero attached hydrogens (tertiary/aromatic N) is 2. The Balaban J connectivity index is 0.00000210. The van der Waals surface area contributed by atoms with E-state index in [4.69, 9.17) is 5.14 Å². The van der Waals surface area contributed by atoms with Gasteiger partial charge in [-0.3, -0.25) is 4.79 Å². The third kappa shape index (κ3) is 4.28. The molecule has 0 spiro atoms. The Labute approximate surface area is 163 Å². The summed E-state index contributed by atoms with van der Waals surface area (Å²) in [6.07, 6.45) is 3.53. The van der Waals surface area contributed by atoms with E-state index in [1.54, 1.807) is 11.2 Å². The minimum atomic E-state index is -3.78. The average molecular weight is 410 g/mol. The molecule has 0 unspecified atom stereocenters. The summed E-state index contributed by atoms with van der Waals surface area (Å²) in [7, 11) is -3.78. The molecule has 2 aliphatic rings. The van der Waals surface area contributed by atoms with Gasteiger partial charge < -0.3 is 5.32 Å². The van der Waals surface area contributed by atoms with Crippen LogP contribution in [0.1, 0.15) is 23.1 Å². The van der Waals surface area contributed by atoms with Gasteiger partial charge in [-0.25, -0.2) is 15.1 Å². The third-order valence-electron chi connectivity index (χ3n) is 4.70. The first kappa shape index (κ1) is 19.7. The highest BCUT2D eigenvalue weighted by Crippen LogP contribution is 2.33. The van der Waals surface area contributed by atoms with Gasteiger partial charge in [-0.1, -0.05) is 12.1 Å². The summed E-state index contributed by atoms with van der Waals surface area (Å²) in [6, 6.07) is 8.15. The molecule has 0 aliphatic carbocycles. The van der Waals surface area contributed by atoms with Crippen LogP contribution in [0.3, 0.4) is 0 Å². The van der Waals surface area contributed by atoms with E-state index in [0.29, 0.717) is 31.7 Å². The molecule has 144 valence electrons. The van der Waals surface area contributed by atoms with E-state index in [1.807, 2.05) is 6.07 Å². The number of amides is 1. The van der Waals surface area contributed by atoms with Gasteiger partial charge in [0.2, 0.25) is 5.91 Å². The van der Waals surface area contributed by atoms with Crippen molar-refractivity contribution in [3.05, 3.63) is 47.2 Å². The van der Waals surface area contributed by atoms with Crippen LogP contribution in [0.4, 0.5) is 5.82 Å². The summed E-state index contributed by atoms with van der Waals surface area (Å²) in [4.78, 5) is 18.2. The normalized spacial score (nSPS) is 16.7. The summed E-state index contributed by atoms with van der Waals surface area (Å²) in [6.45, 7) is 1.02. The van der Waals surface area contributed by atoms with Crippen LogP contribution >= 0.6 is 12.4 Å². The standard InChI is InChI=1S/C17H19N5O3S.ClH/c18-26(24,25)21-22-8-6-11-1-2-12(9-13(11)10-22)14-5-7-19-17-15(14)3-4-16(23)20-17;/h1-2,5,7,9,21H,3-4,6,8,10H2,(H2,18,24,25)(H,19,20,23);1H. The molecule has 8 nitrogen and oxygen atoms in total. The van der Waals surface area contributed by atoms with Crippen molar-refractivity contribution >= 4 is 34.3 Å². The zero-order valence-corrected chi connectivity index (χ0v) is 16.1. The summed E-state index contributed by atoms with van der Waals surface area (Å²) >= 11 is 0. The second kappa shape index (κ2) is 7.53. The van der Waals surface area contributed by atoms with Gasteiger partial charge >= 0.3 is 0 Å². The fourth-order valence-electron chi connectivity index (χ4n) is 3.54. The Morgan fingerprint density at radius 2 is 1.96 bits per heavy atom. The van der Waals surface area contributed by atoms with Crippen LogP contribution in [0.15, 0.2) is 30.5 Å². The van der Waals surface area contributed by atoms with Crippen LogP contribution in [-0.4, -0.2) is 30.9 Å². The highest BCUT2D eigenvalue weighted by Gasteiger charge is 2.22. The van der Waals surface area contributed by atoms with E-state index in [2.05, 4.69) is 33.3 Å². The van der Waals surface area contributed by atoms with Crippen molar-refractivity contribution in [1.29, 1.82) is 0 Å². The molecule has 4 rings (SSSR count). The number of rotatable bonds is 3. The van der Waals surface area contributed by atoms with Gasteiger partial charge in [-0.05, 0) is 47.2 Å². The molecule has 3 heterocycles. The van der Waals surface area contributed by atoms with E-state index >= 15 is 0 Å². The Morgan fingerprint density at radius 1 is 1.15 bits per heavy atom. The lowest BCUT2D eigenvalue weighted by Crippen LogP contribution is -2.47. The molecule has 1 aromatic carbocycles. The van der Waals surface area contributed by atoms with Gasteiger partial charge in [0.15, 0.2) is 0 Å². The second-order valence-corrected chi connectivity index (χ2v) is 7.80. The molecule has 2 aliphatic heterocycles. The van der Waals surface area contributed by atoms with Crippen LogP contribution in [-0.2, 0) is 34.4 Å². The van der Waals surface area contributed by atoms with Gasteiger partial charge in [-0.15, -0.1) is 17.2 Å². The zero-order valence-electron chi connectivity index (χ0n) is 14.4. The Bertz CT molecular complexity index is 996. The molecule has 4 N–H and O–H groups in total. The van der Waals surface area contributed by atoms with E-state index < -0.39 is 10.2 Å². The number of halogens is 1. The van der Waals surface area contributed by atoms with Crippen LogP contribution in [0.25, 0.3) is 11.1 Å². The van der Waals surface area contributed by atoms with E-state index in [9.17, 15) is 13.2 Å². The number of carbonyl (C=O) groups excluding carboxylic acids is 1. The van der Waals surface area contributed by atoms with Gasteiger partial charge in [-0.2, -0.15) is 8.42 Å². The molecule has 0 fully saturated rings. The number of nitrogens with two attached hydrogens (primary N) is 1. The first-order valence-electron chi connectivity index (χ1n) is 8.34.